The molecule has 31 heavy (non-hydrogen) atoms. The number of benzene rings is 1. The number of tetrazole rings is 1. The molecule has 2 aliphatic rings. The number of phenols is 1. The van der Waals surface area contributed by atoms with Crippen LogP contribution in [0, 0.1) is 12.8 Å². The molecule has 9 nitrogen and oxygen atoms in total. The maximum absolute atomic E-state index is 15.2. The standard InChI is InChI=1S/C21H23FN8O/c1-11(16-8-13-6-7-21(3,24-13)19(16)22)20-23-10-17(26-27-20)15-5-4-14(9-18(15)31)30-28-12(2)25-29-30/h4-5,9-10,13,16,19,24,31H,1,6-8H2,2-3H3/t13?,16-,19-,21-/m0/s1. The lowest BCUT2D eigenvalue weighted by atomic mass is 9.78. The number of fused-ring (bicyclic) bond motifs is 2. The molecule has 3 aromatic rings. The average Bonchev–Trinajstić information content (AvgIpc) is 3.34. The second-order valence-corrected chi connectivity index (χ2v) is 8.56. The lowest BCUT2D eigenvalue weighted by molar-refractivity contribution is 0.102. The van der Waals surface area contributed by atoms with Gasteiger partial charge >= 0.3 is 0 Å². The van der Waals surface area contributed by atoms with E-state index in [9.17, 15) is 5.11 Å². The molecule has 4 heterocycles. The van der Waals surface area contributed by atoms with Gasteiger partial charge in [-0.25, -0.2) is 9.37 Å². The Morgan fingerprint density at radius 1 is 1.32 bits per heavy atom. The van der Waals surface area contributed by atoms with Gasteiger partial charge < -0.3 is 10.4 Å². The van der Waals surface area contributed by atoms with Crippen LogP contribution in [0.3, 0.4) is 0 Å². The topological polar surface area (TPSA) is 115 Å². The van der Waals surface area contributed by atoms with Crippen LogP contribution in [0.5, 0.6) is 5.75 Å². The number of allylic oxidation sites excluding steroid dienone is 1. The van der Waals surface area contributed by atoms with E-state index < -0.39 is 11.7 Å². The van der Waals surface area contributed by atoms with Gasteiger partial charge in [0.25, 0.3) is 0 Å². The van der Waals surface area contributed by atoms with E-state index in [1.807, 2.05) is 6.92 Å². The Labute approximate surface area is 178 Å². The minimum absolute atomic E-state index is 0.0122. The van der Waals surface area contributed by atoms with Crippen molar-refractivity contribution in [1.29, 1.82) is 0 Å². The largest absolute Gasteiger partial charge is 0.507 e. The summed E-state index contributed by atoms with van der Waals surface area (Å²) in [6.07, 6.45) is 2.94. The van der Waals surface area contributed by atoms with E-state index in [0.717, 1.165) is 12.8 Å². The number of nitrogens with zero attached hydrogens (tertiary/aromatic N) is 7. The van der Waals surface area contributed by atoms with Gasteiger partial charge in [-0.1, -0.05) is 6.58 Å². The van der Waals surface area contributed by atoms with Crippen LogP contribution >= 0.6 is 0 Å². The first-order valence-corrected chi connectivity index (χ1v) is 10.2. The molecule has 0 amide bonds. The minimum Gasteiger partial charge on any atom is -0.507 e. The molecule has 5 rings (SSSR count). The van der Waals surface area contributed by atoms with Gasteiger partial charge in [-0.05, 0) is 56.0 Å². The van der Waals surface area contributed by atoms with Crippen molar-refractivity contribution >= 4 is 5.57 Å². The van der Waals surface area contributed by atoms with Crippen molar-refractivity contribution in [2.75, 3.05) is 0 Å². The number of phenolic OH excluding ortho intramolecular Hbond substituents is 1. The van der Waals surface area contributed by atoms with Gasteiger partial charge in [0.2, 0.25) is 0 Å². The molecule has 2 saturated heterocycles. The molecule has 160 valence electrons. The van der Waals surface area contributed by atoms with Crippen LogP contribution < -0.4 is 5.32 Å². The normalized spacial score (nSPS) is 27.4. The lowest BCUT2D eigenvalue weighted by Gasteiger charge is -2.40. The summed E-state index contributed by atoms with van der Waals surface area (Å²) in [5, 5.41) is 34.1. The van der Waals surface area contributed by atoms with Crippen molar-refractivity contribution in [2.45, 2.75) is 50.9 Å². The quantitative estimate of drug-likeness (QED) is 0.659. The Morgan fingerprint density at radius 3 is 2.84 bits per heavy atom. The van der Waals surface area contributed by atoms with Crippen LogP contribution in [-0.4, -0.2) is 58.2 Å². The van der Waals surface area contributed by atoms with Crippen LogP contribution in [0.2, 0.25) is 0 Å². The summed E-state index contributed by atoms with van der Waals surface area (Å²) < 4.78 is 15.2. The molecule has 4 atom stereocenters. The zero-order chi connectivity index (χ0) is 21.8. The number of halogens is 1. The van der Waals surface area contributed by atoms with Crippen LogP contribution in [-0.2, 0) is 0 Å². The maximum Gasteiger partial charge on any atom is 0.177 e. The summed E-state index contributed by atoms with van der Waals surface area (Å²) in [5.41, 5.74) is 1.48. The molecule has 2 aromatic heterocycles. The predicted octanol–water partition coefficient (Wildman–Crippen LogP) is 2.41. The highest BCUT2D eigenvalue weighted by atomic mass is 19.1. The first-order valence-electron chi connectivity index (χ1n) is 10.2. The van der Waals surface area contributed by atoms with Crippen molar-refractivity contribution < 1.29 is 9.50 Å². The van der Waals surface area contributed by atoms with E-state index in [1.165, 1.54) is 17.1 Å². The fourth-order valence-corrected chi connectivity index (χ4v) is 4.63. The number of hydrogen-bond acceptors (Lipinski definition) is 8. The highest BCUT2D eigenvalue weighted by Crippen LogP contribution is 2.44. The number of alkyl halides is 1. The molecule has 2 aliphatic heterocycles. The molecule has 0 spiro atoms. The van der Waals surface area contributed by atoms with Crippen LogP contribution in [0.4, 0.5) is 4.39 Å². The third-order valence-electron chi connectivity index (χ3n) is 6.34. The maximum atomic E-state index is 15.2. The van der Waals surface area contributed by atoms with Crippen molar-refractivity contribution in [3.63, 3.8) is 0 Å². The predicted molar refractivity (Wildman–Crippen MR) is 111 cm³/mol. The van der Waals surface area contributed by atoms with Gasteiger partial charge in [0.15, 0.2) is 11.6 Å². The smallest absolute Gasteiger partial charge is 0.177 e. The average molecular weight is 422 g/mol. The monoisotopic (exact) mass is 422 g/mol. The van der Waals surface area contributed by atoms with E-state index in [2.05, 4.69) is 42.5 Å². The van der Waals surface area contributed by atoms with E-state index >= 15 is 4.39 Å². The molecule has 2 N–H and O–H groups in total. The van der Waals surface area contributed by atoms with E-state index in [4.69, 9.17) is 0 Å². The Kier molecular flexibility index (Phi) is 4.54. The van der Waals surface area contributed by atoms with E-state index in [1.54, 1.807) is 19.1 Å². The summed E-state index contributed by atoms with van der Waals surface area (Å²) >= 11 is 0. The van der Waals surface area contributed by atoms with Gasteiger partial charge in [-0.15, -0.1) is 25.2 Å². The number of piperidine rings is 1. The van der Waals surface area contributed by atoms with Gasteiger partial charge in [0, 0.05) is 29.1 Å². The van der Waals surface area contributed by atoms with Crippen molar-refractivity contribution in [3.8, 4) is 22.7 Å². The number of aromatic hydroxyl groups is 1. The molecular formula is C21H23FN8O. The number of aromatic nitrogens is 7. The minimum atomic E-state index is -1.05. The summed E-state index contributed by atoms with van der Waals surface area (Å²) in [6, 6.07) is 5.24. The number of nitrogens with one attached hydrogen (secondary N) is 1. The third kappa shape index (κ3) is 3.36. The Balaban J connectivity index is 1.37. The molecule has 0 saturated carbocycles. The highest BCUT2D eigenvalue weighted by Gasteiger charge is 2.51. The molecule has 2 fully saturated rings. The van der Waals surface area contributed by atoms with Crippen molar-refractivity contribution in [2.24, 2.45) is 5.92 Å². The molecule has 0 aliphatic carbocycles. The Bertz CT molecular complexity index is 1150. The third-order valence-corrected chi connectivity index (χ3v) is 6.34. The second kappa shape index (κ2) is 7.16. The number of hydrogen-bond donors (Lipinski definition) is 2. The Hall–Kier alpha value is -3.27. The highest BCUT2D eigenvalue weighted by molar-refractivity contribution is 5.68. The van der Waals surface area contributed by atoms with Gasteiger partial charge in [-0.2, -0.15) is 0 Å². The molecule has 1 unspecified atom stereocenters. The van der Waals surface area contributed by atoms with Gasteiger partial charge in [0.05, 0.1) is 11.9 Å². The first kappa shape index (κ1) is 19.7. The van der Waals surface area contributed by atoms with E-state index in [-0.39, 0.29) is 11.7 Å². The molecule has 2 bridgehead atoms. The number of aryl methyl sites for hydroxylation is 1. The van der Waals surface area contributed by atoms with Crippen molar-refractivity contribution in [3.05, 3.63) is 42.6 Å². The summed E-state index contributed by atoms with van der Waals surface area (Å²) in [6.45, 7) is 7.75. The Morgan fingerprint density at radius 2 is 2.16 bits per heavy atom. The molecular weight excluding hydrogens is 399 g/mol. The van der Waals surface area contributed by atoms with Crippen LogP contribution in [0.25, 0.3) is 22.5 Å². The zero-order valence-electron chi connectivity index (χ0n) is 17.3. The lowest BCUT2D eigenvalue weighted by Crippen LogP contribution is -2.56. The van der Waals surface area contributed by atoms with E-state index in [0.29, 0.717) is 46.6 Å². The molecule has 10 heteroatoms. The zero-order valence-corrected chi connectivity index (χ0v) is 17.3. The molecule has 1 aromatic carbocycles. The summed E-state index contributed by atoms with van der Waals surface area (Å²) in [7, 11) is 0. The van der Waals surface area contributed by atoms with Gasteiger partial charge in [0.1, 0.15) is 17.6 Å². The van der Waals surface area contributed by atoms with Crippen LogP contribution in [0.1, 0.15) is 37.8 Å². The number of rotatable bonds is 4. The van der Waals surface area contributed by atoms with Crippen molar-refractivity contribution in [1.82, 2.24) is 40.7 Å². The fourth-order valence-electron chi connectivity index (χ4n) is 4.63. The van der Waals surface area contributed by atoms with Crippen LogP contribution in [0.15, 0.2) is 31.0 Å². The van der Waals surface area contributed by atoms with Gasteiger partial charge in [-0.3, -0.25) is 0 Å². The second-order valence-electron chi connectivity index (χ2n) is 8.56. The summed E-state index contributed by atoms with van der Waals surface area (Å²) in [4.78, 5) is 5.70. The molecule has 0 radical (unpaired) electrons. The fraction of sp³-hybridized carbons (Fsp3) is 0.429. The summed E-state index contributed by atoms with van der Waals surface area (Å²) in [5.74, 6) is 0.514. The SMILES string of the molecule is C=C(c1ncc(-c2ccc(-n3nnc(C)n3)cc2O)nn1)[C@@H]1CC2CC[C@](C)(N2)[C@H]1F. The first-order chi connectivity index (χ1) is 14.8.